The molecule has 7 heteroatoms. The van der Waals surface area contributed by atoms with Crippen molar-refractivity contribution < 1.29 is 13.2 Å². The Hall–Kier alpha value is 0.0500. The van der Waals surface area contributed by atoms with E-state index < -0.39 is 10.0 Å². The number of aryl methyl sites for hydroxylation is 1. The molecule has 0 aliphatic heterocycles. The Balaban J connectivity index is 2.19. The van der Waals surface area contributed by atoms with Gasteiger partial charge in [-0.05, 0) is 48.2 Å². The molecular weight excluding hydrogens is 338 g/mol. The Bertz CT molecular complexity index is 526. The average molecular weight is 354 g/mol. The van der Waals surface area contributed by atoms with Crippen LogP contribution in [0.2, 0.25) is 0 Å². The quantitative estimate of drug-likeness (QED) is 0.905. The lowest BCUT2D eigenvalue weighted by atomic mass is 10.2. The second kappa shape index (κ2) is 5.58. The molecule has 102 valence electrons. The van der Waals surface area contributed by atoms with Crippen LogP contribution < -0.4 is 4.72 Å². The van der Waals surface area contributed by atoms with Crippen molar-refractivity contribution in [2.75, 3.05) is 7.11 Å². The lowest BCUT2D eigenvalue weighted by Crippen LogP contribution is -2.40. The molecular formula is C11H16BrNO3S2. The first kappa shape index (κ1) is 14.5. The molecule has 1 aliphatic carbocycles. The van der Waals surface area contributed by atoms with E-state index in [0.29, 0.717) is 4.90 Å². The normalized spacial score (nSPS) is 24.6. The average Bonchev–Trinajstić information content (AvgIpc) is 2.84. The molecule has 4 nitrogen and oxygen atoms in total. The van der Waals surface area contributed by atoms with Crippen molar-refractivity contribution in [3.8, 4) is 0 Å². The van der Waals surface area contributed by atoms with Crippen LogP contribution in [0.3, 0.4) is 0 Å². The number of methoxy groups -OCH3 is 1. The van der Waals surface area contributed by atoms with E-state index in [9.17, 15) is 8.42 Å². The van der Waals surface area contributed by atoms with Crippen molar-refractivity contribution >= 4 is 37.3 Å². The molecule has 0 saturated heterocycles. The van der Waals surface area contributed by atoms with Gasteiger partial charge in [-0.3, -0.25) is 0 Å². The van der Waals surface area contributed by atoms with Gasteiger partial charge < -0.3 is 4.74 Å². The Morgan fingerprint density at radius 1 is 1.50 bits per heavy atom. The fraction of sp³-hybridized carbons (Fsp3) is 0.636. The third kappa shape index (κ3) is 2.96. The molecule has 1 N–H and O–H groups in total. The van der Waals surface area contributed by atoms with Crippen molar-refractivity contribution in [2.45, 2.75) is 43.2 Å². The van der Waals surface area contributed by atoms with Crippen LogP contribution in [0.1, 0.15) is 24.1 Å². The van der Waals surface area contributed by atoms with Gasteiger partial charge in [0.2, 0.25) is 10.0 Å². The maximum absolute atomic E-state index is 12.3. The second-order valence-electron chi connectivity index (χ2n) is 4.40. The summed E-state index contributed by atoms with van der Waals surface area (Å²) in [5, 5.41) is 0. The molecule has 1 aromatic heterocycles. The first-order valence-electron chi connectivity index (χ1n) is 5.75. The first-order chi connectivity index (χ1) is 8.44. The van der Waals surface area contributed by atoms with Crippen LogP contribution in [0.4, 0.5) is 0 Å². The Morgan fingerprint density at radius 3 is 2.78 bits per heavy atom. The molecule has 0 spiro atoms. The van der Waals surface area contributed by atoms with E-state index in [4.69, 9.17) is 4.74 Å². The van der Waals surface area contributed by atoms with Crippen molar-refractivity contribution in [1.29, 1.82) is 0 Å². The third-order valence-electron chi connectivity index (χ3n) is 3.19. The molecule has 2 unspecified atom stereocenters. The van der Waals surface area contributed by atoms with Gasteiger partial charge >= 0.3 is 0 Å². The van der Waals surface area contributed by atoms with Crippen LogP contribution >= 0.6 is 27.3 Å². The zero-order valence-electron chi connectivity index (χ0n) is 10.3. The van der Waals surface area contributed by atoms with E-state index in [0.717, 1.165) is 27.9 Å². The van der Waals surface area contributed by atoms with Crippen molar-refractivity contribution in [3.05, 3.63) is 14.7 Å². The lowest BCUT2D eigenvalue weighted by molar-refractivity contribution is 0.0916. The summed E-state index contributed by atoms with van der Waals surface area (Å²) in [4.78, 5) is 1.16. The van der Waals surface area contributed by atoms with E-state index in [1.165, 1.54) is 11.3 Å². The highest BCUT2D eigenvalue weighted by Gasteiger charge is 2.32. The summed E-state index contributed by atoms with van der Waals surface area (Å²) in [7, 11) is -1.82. The topological polar surface area (TPSA) is 55.4 Å². The Labute approximate surface area is 120 Å². The molecule has 1 fully saturated rings. The molecule has 0 radical (unpaired) electrons. The van der Waals surface area contributed by atoms with Gasteiger partial charge in [-0.1, -0.05) is 0 Å². The summed E-state index contributed by atoms with van der Waals surface area (Å²) < 4.78 is 33.5. The predicted molar refractivity (Wildman–Crippen MR) is 75.5 cm³/mol. The second-order valence-corrected chi connectivity index (χ2v) is 8.72. The highest BCUT2D eigenvalue weighted by molar-refractivity contribution is 9.11. The van der Waals surface area contributed by atoms with E-state index >= 15 is 0 Å². The summed E-state index contributed by atoms with van der Waals surface area (Å²) >= 11 is 4.74. The SMILES string of the molecule is COC1CCCC1NS(=O)(=O)c1cc(Br)sc1C. The van der Waals surface area contributed by atoms with Gasteiger partial charge in [-0.25, -0.2) is 13.1 Å². The lowest BCUT2D eigenvalue weighted by Gasteiger charge is -2.19. The minimum Gasteiger partial charge on any atom is -0.380 e. The summed E-state index contributed by atoms with van der Waals surface area (Å²) in [5.74, 6) is 0. The highest BCUT2D eigenvalue weighted by atomic mass is 79.9. The summed E-state index contributed by atoms with van der Waals surface area (Å²) in [5.41, 5.74) is 0. The van der Waals surface area contributed by atoms with Gasteiger partial charge in [0.15, 0.2) is 0 Å². The predicted octanol–water partition coefficient (Wildman–Crippen LogP) is 2.66. The number of nitrogens with one attached hydrogen (secondary N) is 1. The van der Waals surface area contributed by atoms with Gasteiger partial charge in [-0.15, -0.1) is 11.3 Å². The van der Waals surface area contributed by atoms with Crippen LogP contribution in [0.25, 0.3) is 0 Å². The van der Waals surface area contributed by atoms with Gasteiger partial charge in [0.05, 0.1) is 14.8 Å². The highest BCUT2D eigenvalue weighted by Crippen LogP contribution is 2.31. The summed E-state index contributed by atoms with van der Waals surface area (Å²) in [6.07, 6.45) is 2.73. The minimum absolute atomic E-state index is 0.0119. The molecule has 1 aliphatic rings. The molecule has 2 atom stereocenters. The van der Waals surface area contributed by atoms with E-state index in [-0.39, 0.29) is 12.1 Å². The van der Waals surface area contributed by atoms with Crippen LogP contribution in [0, 0.1) is 6.92 Å². The number of rotatable bonds is 4. The zero-order chi connectivity index (χ0) is 13.3. The maximum atomic E-state index is 12.3. The third-order valence-corrected chi connectivity index (χ3v) is 6.49. The van der Waals surface area contributed by atoms with E-state index in [1.807, 2.05) is 6.92 Å². The fourth-order valence-corrected chi connectivity index (χ4v) is 6.02. The van der Waals surface area contributed by atoms with Crippen LogP contribution in [-0.4, -0.2) is 27.7 Å². The standard InChI is InChI=1S/C11H16BrNO3S2/c1-7-10(6-11(12)17-7)18(14,15)13-8-4-3-5-9(8)16-2/h6,8-9,13H,3-5H2,1-2H3. The number of ether oxygens (including phenoxy) is 1. The number of hydrogen-bond acceptors (Lipinski definition) is 4. The molecule has 1 aromatic rings. The van der Waals surface area contributed by atoms with Crippen molar-refractivity contribution in [2.24, 2.45) is 0 Å². The number of thiophene rings is 1. The number of halogens is 1. The van der Waals surface area contributed by atoms with Crippen molar-refractivity contribution in [3.63, 3.8) is 0 Å². The Kier molecular flexibility index (Phi) is 4.48. The first-order valence-corrected chi connectivity index (χ1v) is 8.84. The molecule has 1 saturated carbocycles. The maximum Gasteiger partial charge on any atom is 0.242 e. The minimum atomic E-state index is -3.45. The number of hydrogen-bond donors (Lipinski definition) is 1. The van der Waals surface area contributed by atoms with Crippen LogP contribution in [0.5, 0.6) is 0 Å². The van der Waals surface area contributed by atoms with Gasteiger partial charge in [0, 0.05) is 18.0 Å². The number of sulfonamides is 1. The van der Waals surface area contributed by atoms with Gasteiger partial charge in [0.25, 0.3) is 0 Å². The van der Waals surface area contributed by atoms with Gasteiger partial charge in [0.1, 0.15) is 0 Å². The van der Waals surface area contributed by atoms with Crippen molar-refractivity contribution in [1.82, 2.24) is 4.72 Å². The monoisotopic (exact) mass is 353 g/mol. The van der Waals surface area contributed by atoms with Gasteiger partial charge in [-0.2, -0.15) is 0 Å². The smallest absolute Gasteiger partial charge is 0.242 e. The molecule has 1 heterocycles. The zero-order valence-corrected chi connectivity index (χ0v) is 13.5. The van der Waals surface area contributed by atoms with E-state index in [1.54, 1.807) is 13.2 Å². The summed E-state index contributed by atoms with van der Waals surface area (Å²) in [6.45, 7) is 1.81. The molecule has 2 rings (SSSR count). The molecule has 0 amide bonds. The van der Waals surface area contributed by atoms with Crippen LogP contribution in [0.15, 0.2) is 14.7 Å². The van der Waals surface area contributed by atoms with Crippen LogP contribution in [-0.2, 0) is 14.8 Å². The largest absolute Gasteiger partial charge is 0.380 e. The van der Waals surface area contributed by atoms with E-state index in [2.05, 4.69) is 20.7 Å². The summed E-state index contributed by atoms with van der Waals surface area (Å²) in [6, 6.07) is 1.54. The molecule has 0 aromatic carbocycles. The molecule has 18 heavy (non-hydrogen) atoms. The molecule has 0 bridgehead atoms. The Morgan fingerprint density at radius 2 is 2.22 bits per heavy atom. The fourth-order valence-electron chi connectivity index (χ4n) is 2.30.